The molecule has 0 aliphatic carbocycles. The van der Waals surface area contributed by atoms with E-state index in [9.17, 15) is 9.18 Å². The quantitative estimate of drug-likeness (QED) is 0.528. The third kappa shape index (κ3) is 4.82. The van der Waals surface area contributed by atoms with Gasteiger partial charge in [0.25, 0.3) is 0 Å². The average Bonchev–Trinajstić information content (AvgIpc) is 2.88. The highest BCUT2D eigenvalue weighted by Gasteiger charge is 2.25. The standard InChI is InChI=1S/C26H28FN3O4/c1-32-25-5-3-21-26(29-25)19(20(27)16-28-21)8-11-30-9-6-18(7-10-30)22(31)14-17-2-4-23-24(15-17)34-13-12-33-23/h2-5,15-16,18H,6-14H2,1H3. The molecule has 2 aromatic heterocycles. The van der Waals surface area contributed by atoms with E-state index in [1.807, 2.05) is 18.2 Å². The molecule has 2 aliphatic rings. The van der Waals surface area contributed by atoms with Crippen molar-refractivity contribution in [2.24, 2.45) is 5.92 Å². The van der Waals surface area contributed by atoms with Crippen molar-refractivity contribution >= 4 is 16.8 Å². The van der Waals surface area contributed by atoms with Crippen LogP contribution in [0, 0.1) is 11.7 Å². The van der Waals surface area contributed by atoms with E-state index < -0.39 is 0 Å². The number of piperidine rings is 1. The third-order valence-electron chi connectivity index (χ3n) is 6.65. The van der Waals surface area contributed by atoms with Crippen molar-refractivity contribution in [2.75, 3.05) is 40.0 Å². The molecule has 5 rings (SSSR count). The highest BCUT2D eigenvalue weighted by atomic mass is 19.1. The number of halogens is 1. The Morgan fingerprint density at radius 2 is 1.94 bits per heavy atom. The molecule has 7 nitrogen and oxygen atoms in total. The van der Waals surface area contributed by atoms with E-state index in [1.54, 1.807) is 19.2 Å². The topological polar surface area (TPSA) is 73.8 Å². The van der Waals surface area contributed by atoms with Gasteiger partial charge in [-0.15, -0.1) is 0 Å². The van der Waals surface area contributed by atoms with Gasteiger partial charge in [-0.2, -0.15) is 0 Å². The van der Waals surface area contributed by atoms with Crippen LogP contribution in [0.2, 0.25) is 0 Å². The van der Waals surface area contributed by atoms with Crippen LogP contribution in [0.3, 0.4) is 0 Å². The summed E-state index contributed by atoms with van der Waals surface area (Å²) in [7, 11) is 1.54. The molecule has 0 amide bonds. The number of methoxy groups -OCH3 is 1. The molecule has 178 valence electrons. The van der Waals surface area contributed by atoms with Gasteiger partial charge in [0, 0.05) is 30.5 Å². The van der Waals surface area contributed by atoms with Crippen molar-refractivity contribution in [3.8, 4) is 17.4 Å². The fourth-order valence-corrected chi connectivity index (χ4v) is 4.72. The van der Waals surface area contributed by atoms with Crippen LogP contribution in [0.1, 0.15) is 24.0 Å². The monoisotopic (exact) mass is 465 g/mol. The van der Waals surface area contributed by atoms with Crippen molar-refractivity contribution in [2.45, 2.75) is 25.7 Å². The minimum Gasteiger partial charge on any atom is -0.486 e. The third-order valence-corrected chi connectivity index (χ3v) is 6.65. The molecule has 0 radical (unpaired) electrons. The number of hydrogen-bond donors (Lipinski definition) is 0. The average molecular weight is 466 g/mol. The highest BCUT2D eigenvalue weighted by Crippen LogP contribution is 2.31. The number of pyridine rings is 2. The lowest BCUT2D eigenvalue weighted by atomic mass is 9.89. The number of aromatic nitrogens is 2. The van der Waals surface area contributed by atoms with E-state index in [0.717, 1.165) is 37.2 Å². The summed E-state index contributed by atoms with van der Waals surface area (Å²) in [6, 6.07) is 9.26. The molecule has 3 aromatic rings. The summed E-state index contributed by atoms with van der Waals surface area (Å²) in [4.78, 5) is 23.8. The van der Waals surface area contributed by atoms with Gasteiger partial charge in [0.05, 0.1) is 24.3 Å². The van der Waals surface area contributed by atoms with Gasteiger partial charge >= 0.3 is 0 Å². The first kappa shape index (κ1) is 22.5. The molecule has 1 saturated heterocycles. The van der Waals surface area contributed by atoms with Crippen molar-refractivity contribution < 1.29 is 23.4 Å². The van der Waals surface area contributed by atoms with E-state index in [4.69, 9.17) is 14.2 Å². The number of likely N-dealkylation sites (tertiary alicyclic amines) is 1. The van der Waals surface area contributed by atoms with Gasteiger partial charge < -0.3 is 19.1 Å². The lowest BCUT2D eigenvalue weighted by molar-refractivity contribution is -0.123. The summed E-state index contributed by atoms with van der Waals surface area (Å²) in [5.74, 6) is 1.86. The zero-order valence-corrected chi connectivity index (χ0v) is 19.3. The second-order valence-corrected chi connectivity index (χ2v) is 8.79. The Labute approximate surface area is 197 Å². The van der Waals surface area contributed by atoms with Gasteiger partial charge in [-0.05, 0) is 56.1 Å². The number of rotatable bonds is 7. The molecule has 0 saturated carbocycles. The first-order valence-corrected chi connectivity index (χ1v) is 11.7. The van der Waals surface area contributed by atoms with Crippen LogP contribution in [0.4, 0.5) is 4.39 Å². The van der Waals surface area contributed by atoms with Crippen molar-refractivity contribution in [3.05, 3.63) is 53.5 Å². The number of carbonyl (C=O) groups is 1. The molecule has 8 heteroatoms. The number of hydrogen-bond acceptors (Lipinski definition) is 7. The molecule has 0 spiro atoms. The first-order valence-electron chi connectivity index (χ1n) is 11.7. The van der Waals surface area contributed by atoms with Crippen LogP contribution in [0.15, 0.2) is 36.5 Å². The van der Waals surface area contributed by atoms with Crippen molar-refractivity contribution in [1.82, 2.24) is 14.9 Å². The fraction of sp³-hybridized carbons (Fsp3) is 0.423. The smallest absolute Gasteiger partial charge is 0.213 e. The molecule has 0 bridgehead atoms. The second-order valence-electron chi connectivity index (χ2n) is 8.79. The molecule has 0 atom stereocenters. The minimum atomic E-state index is -0.349. The van der Waals surface area contributed by atoms with Gasteiger partial charge in [-0.3, -0.25) is 9.78 Å². The zero-order chi connectivity index (χ0) is 23.5. The SMILES string of the molecule is COc1ccc2ncc(F)c(CCN3CCC(C(=O)Cc4ccc5c(c4)OCCO5)CC3)c2n1. The van der Waals surface area contributed by atoms with E-state index in [-0.39, 0.29) is 17.5 Å². The predicted octanol–water partition coefficient (Wildman–Crippen LogP) is 3.62. The molecule has 4 heterocycles. The first-order chi connectivity index (χ1) is 16.6. The second kappa shape index (κ2) is 9.93. The number of nitrogens with zero attached hydrogens (tertiary/aromatic N) is 3. The maximum atomic E-state index is 14.6. The summed E-state index contributed by atoms with van der Waals surface area (Å²) >= 11 is 0. The Morgan fingerprint density at radius 1 is 1.15 bits per heavy atom. The summed E-state index contributed by atoms with van der Waals surface area (Å²) in [6.07, 6.45) is 3.82. The van der Waals surface area contributed by atoms with Gasteiger partial charge in [0.15, 0.2) is 11.5 Å². The summed E-state index contributed by atoms with van der Waals surface area (Å²) < 4.78 is 31.0. The normalized spacial score (nSPS) is 16.5. The van der Waals surface area contributed by atoms with Crippen LogP contribution >= 0.6 is 0 Å². The molecule has 0 unspecified atom stereocenters. The highest BCUT2D eigenvalue weighted by molar-refractivity contribution is 5.83. The minimum absolute atomic E-state index is 0.0499. The molecule has 34 heavy (non-hydrogen) atoms. The summed E-state index contributed by atoms with van der Waals surface area (Å²) in [5, 5.41) is 0. The van der Waals surface area contributed by atoms with E-state index >= 15 is 0 Å². The number of carbonyl (C=O) groups excluding carboxylic acids is 1. The number of ketones is 1. The zero-order valence-electron chi connectivity index (χ0n) is 19.3. The Morgan fingerprint density at radius 3 is 2.74 bits per heavy atom. The Hall–Kier alpha value is -3.26. The molecular formula is C26H28FN3O4. The Balaban J connectivity index is 1.16. The van der Waals surface area contributed by atoms with E-state index in [1.165, 1.54) is 6.20 Å². The number of benzene rings is 1. The van der Waals surface area contributed by atoms with Gasteiger partial charge in [-0.25, -0.2) is 9.37 Å². The lowest BCUT2D eigenvalue weighted by Crippen LogP contribution is -2.38. The fourth-order valence-electron chi connectivity index (χ4n) is 4.72. The number of Topliss-reactive ketones (excluding diaryl/α,β-unsaturated/α-hetero) is 1. The van der Waals surface area contributed by atoms with Gasteiger partial charge in [0.2, 0.25) is 5.88 Å². The van der Waals surface area contributed by atoms with Gasteiger partial charge in [0.1, 0.15) is 24.8 Å². The number of ether oxygens (including phenoxy) is 3. The number of fused-ring (bicyclic) bond motifs is 2. The molecule has 1 aromatic carbocycles. The van der Waals surface area contributed by atoms with Crippen LogP contribution in [-0.4, -0.2) is 60.6 Å². The summed E-state index contributed by atoms with van der Waals surface area (Å²) in [6.45, 7) is 3.43. The van der Waals surface area contributed by atoms with Gasteiger partial charge in [-0.1, -0.05) is 6.07 Å². The molecular weight excluding hydrogens is 437 g/mol. The predicted molar refractivity (Wildman–Crippen MR) is 125 cm³/mol. The van der Waals surface area contributed by atoms with Crippen molar-refractivity contribution in [1.29, 1.82) is 0 Å². The molecule has 2 aliphatic heterocycles. The maximum absolute atomic E-state index is 14.6. The Bertz CT molecular complexity index is 1190. The van der Waals surface area contributed by atoms with Crippen molar-refractivity contribution in [3.63, 3.8) is 0 Å². The Kier molecular flexibility index (Phi) is 6.58. The lowest BCUT2D eigenvalue weighted by Gasteiger charge is -2.31. The van der Waals surface area contributed by atoms with Crippen LogP contribution < -0.4 is 14.2 Å². The molecule has 0 N–H and O–H groups in total. The molecule has 1 fully saturated rings. The summed E-state index contributed by atoms with van der Waals surface area (Å²) in [5.41, 5.74) is 2.71. The van der Waals surface area contributed by atoms with Crippen LogP contribution in [-0.2, 0) is 17.6 Å². The largest absolute Gasteiger partial charge is 0.486 e. The maximum Gasteiger partial charge on any atom is 0.213 e. The van der Waals surface area contributed by atoms with Crippen LogP contribution in [0.25, 0.3) is 11.0 Å². The van der Waals surface area contributed by atoms with E-state index in [0.29, 0.717) is 60.8 Å². The van der Waals surface area contributed by atoms with Crippen LogP contribution in [0.5, 0.6) is 17.4 Å². The van der Waals surface area contributed by atoms with E-state index in [2.05, 4.69) is 14.9 Å².